The first-order valence-corrected chi connectivity index (χ1v) is 8.05. The quantitative estimate of drug-likeness (QED) is 0.627. The van der Waals surface area contributed by atoms with E-state index < -0.39 is 10.5 Å². The normalized spacial score (nSPS) is 16.4. The lowest BCUT2D eigenvalue weighted by atomic mass is 9.91. The molecule has 0 aromatic heterocycles. The Morgan fingerprint density at radius 3 is 1.65 bits per heavy atom. The van der Waals surface area contributed by atoms with Gasteiger partial charge < -0.3 is 9.84 Å². The van der Waals surface area contributed by atoms with E-state index in [1.807, 2.05) is 55.4 Å². The minimum Gasteiger partial charge on any atom is -0.390 e. The maximum Gasteiger partial charge on any atom is 0.0785 e. The van der Waals surface area contributed by atoms with E-state index in [0.29, 0.717) is 12.8 Å². The number of ether oxygens (including phenoxy) is 1. The third-order valence-electron chi connectivity index (χ3n) is 3.24. The van der Waals surface area contributed by atoms with E-state index in [0.717, 1.165) is 6.42 Å². The molecule has 4 heteroatoms. The van der Waals surface area contributed by atoms with Crippen molar-refractivity contribution >= 4 is 23.2 Å². The van der Waals surface area contributed by atoms with Gasteiger partial charge in [0.2, 0.25) is 0 Å². The van der Waals surface area contributed by atoms with Gasteiger partial charge in [-0.2, -0.15) is 0 Å². The van der Waals surface area contributed by atoms with Crippen molar-refractivity contribution in [3.63, 3.8) is 0 Å². The van der Waals surface area contributed by atoms with Crippen LogP contribution < -0.4 is 0 Å². The Labute approximate surface area is 135 Å². The minimum absolute atomic E-state index is 0.145. The van der Waals surface area contributed by atoms with E-state index in [9.17, 15) is 5.11 Å². The van der Waals surface area contributed by atoms with Gasteiger partial charge in [-0.3, -0.25) is 0 Å². The highest BCUT2D eigenvalue weighted by Gasteiger charge is 2.37. The molecule has 0 heterocycles. The molecule has 0 spiro atoms. The van der Waals surface area contributed by atoms with Gasteiger partial charge in [0.05, 0.1) is 22.2 Å². The van der Waals surface area contributed by atoms with E-state index in [4.69, 9.17) is 27.9 Å². The second kappa shape index (κ2) is 6.73. The summed E-state index contributed by atoms with van der Waals surface area (Å²) in [5.41, 5.74) is -1.03. The fraction of sp³-hybridized carbons (Fsp3) is 1.00. The summed E-state index contributed by atoms with van der Waals surface area (Å²) in [5.74, 6) is 0. The van der Waals surface area contributed by atoms with Crippen molar-refractivity contribution < 1.29 is 9.84 Å². The maximum absolute atomic E-state index is 9.86. The van der Waals surface area contributed by atoms with Gasteiger partial charge in [0.25, 0.3) is 0 Å². The van der Waals surface area contributed by atoms with Crippen LogP contribution in [0, 0.1) is 0 Å². The minimum atomic E-state index is -0.682. The number of aliphatic hydroxyl groups is 1. The van der Waals surface area contributed by atoms with Gasteiger partial charge in [0.1, 0.15) is 0 Å². The molecule has 0 saturated carbocycles. The van der Waals surface area contributed by atoms with Gasteiger partial charge in [-0.05, 0) is 74.7 Å². The number of rotatable bonds is 8. The van der Waals surface area contributed by atoms with Gasteiger partial charge in [0.15, 0.2) is 0 Å². The average molecular weight is 327 g/mol. The highest BCUT2D eigenvalue weighted by atomic mass is 35.5. The zero-order chi connectivity index (χ0) is 16.4. The average Bonchev–Trinajstić information content (AvgIpc) is 2.08. The van der Waals surface area contributed by atoms with Crippen LogP contribution in [0.3, 0.4) is 0 Å². The van der Waals surface area contributed by atoms with Crippen molar-refractivity contribution in [2.75, 3.05) is 0 Å². The van der Waals surface area contributed by atoms with Crippen LogP contribution in [0.1, 0.15) is 74.7 Å². The third kappa shape index (κ3) is 10.3. The lowest BCUT2D eigenvalue weighted by molar-refractivity contribution is -0.102. The molecule has 0 rings (SSSR count). The summed E-state index contributed by atoms with van der Waals surface area (Å²) in [6.45, 7) is 15.5. The summed E-state index contributed by atoms with van der Waals surface area (Å²) in [7, 11) is 0. The Morgan fingerprint density at radius 1 is 0.900 bits per heavy atom. The molecule has 0 aromatic rings. The van der Waals surface area contributed by atoms with Gasteiger partial charge in [-0.15, -0.1) is 23.2 Å². The largest absolute Gasteiger partial charge is 0.390 e. The van der Waals surface area contributed by atoms with Crippen molar-refractivity contribution in [1.29, 1.82) is 0 Å². The third-order valence-corrected chi connectivity index (χ3v) is 3.63. The van der Waals surface area contributed by atoms with E-state index in [-0.39, 0.29) is 16.6 Å². The van der Waals surface area contributed by atoms with Crippen LogP contribution in [0.2, 0.25) is 0 Å². The second-order valence-electron chi connectivity index (χ2n) is 8.17. The first-order valence-electron chi connectivity index (χ1n) is 7.30. The summed E-state index contributed by atoms with van der Waals surface area (Å²) in [6.07, 6.45) is 1.98. The Bertz CT molecular complexity index is 293. The van der Waals surface area contributed by atoms with Crippen LogP contribution in [0.25, 0.3) is 0 Å². The molecule has 20 heavy (non-hydrogen) atoms. The van der Waals surface area contributed by atoms with Crippen LogP contribution >= 0.6 is 23.2 Å². The fourth-order valence-corrected chi connectivity index (χ4v) is 2.18. The number of halogens is 2. The summed E-state index contributed by atoms with van der Waals surface area (Å²) < 4.78 is 6.25. The van der Waals surface area contributed by atoms with E-state index in [1.54, 1.807) is 0 Å². The first kappa shape index (κ1) is 20.5. The Balaban J connectivity index is 4.80. The maximum atomic E-state index is 9.86. The van der Waals surface area contributed by atoms with E-state index >= 15 is 0 Å². The number of hydrogen-bond acceptors (Lipinski definition) is 2. The van der Waals surface area contributed by atoms with Gasteiger partial charge in [0, 0.05) is 4.87 Å². The zero-order valence-corrected chi connectivity index (χ0v) is 15.8. The van der Waals surface area contributed by atoms with Crippen LogP contribution in [0.15, 0.2) is 0 Å². The van der Waals surface area contributed by atoms with Crippen molar-refractivity contribution in [1.82, 2.24) is 0 Å². The first-order chi connectivity index (χ1) is 8.52. The molecule has 2 nitrogen and oxygen atoms in total. The number of alkyl halides is 2. The van der Waals surface area contributed by atoms with Crippen molar-refractivity contribution in [3.05, 3.63) is 0 Å². The molecular weight excluding hydrogens is 295 g/mol. The topological polar surface area (TPSA) is 29.5 Å². The molecule has 0 aliphatic rings. The molecule has 0 radical (unpaired) electrons. The molecular formula is C16H32Cl2O2. The molecule has 0 aliphatic carbocycles. The zero-order valence-electron chi connectivity index (χ0n) is 14.3. The Morgan fingerprint density at radius 2 is 1.35 bits per heavy atom. The standard InChI is InChI=1S/C16H32Cl2O2/c1-13(2,17)11-12(16(7,8)18)20-15(5,6)10-9-14(3,4)19/h12,19H,9-11H2,1-8H3. The van der Waals surface area contributed by atoms with Gasteiger partial charge >= 0.3 is 0 Å². The monoisotopic (exact) mass is 326 g/mol. The molecule has 0 fully saturated rings. The molecule has 1 atom stereocenters. The predicted molar refractivity (Wildman–Crippen MR) is 89.0 cm³/mol. The molecule has 0 saturated heterocycles. The lowest BCUT2D eigenvalue weighted by Gasteiger charge is -2.39. The Kier molecular flexibility index (Phi) is 6.89. The van der Waals surface area contributed by atoms with Crippen molar-refractivity contribution in [2.45, 2.75) is 102 Å². The molecule has 0 aromatic carbocycles. The molecule has 1 N–H and O–H groups in total. The van der Waals surface area contributed by atoms with Crippen LogP contribution in [0.4, 0.5) is 0 Å². The summed E-state index contributed by atoms with van der Waals surface area (Å²) in [5, 5.41) is 9.86. The molecule has 0 bridgehead atoms. The Hall–Kier alpha value is 0.500. The van der Waals surface area contributed by atoms with Crippen molar-refractivity contribution in [2.24, 2.45) is 0 Å². The summed E-state index contributed by atoms with van der Waals surface area (Å²) >= 11 is 12.8. The van der Waals surface area contributed by atoms with Gasteiger partial charge in [-0.25, -0.2) is 0 Å². The van der Waals surface area contributed by atoms with Crippen LogP contribution in [0.5, 0.6) is 0 Å². The predicted octanol–water partition coefficient (Wildman–Crippen LogP) is 5.13. The SMILES string of the molecule is CC(C)(O)CCC(C)(C)OC(CC(C)(C)Cl)C(C)(C)Cl. The highest BCUT2D eigenvalue weighted by molar-refractivity contribution is 6.24. The van der Waals surface area contributed by atoms with E-state index in [2.05, 4.69) is 0 Å². The number of hydrogen-bond donors (Lipinski definition) is 1. The lowest BCUT2D eigenvalue weighted by Crippen LogP contribution is -2.44. The molecule has 0 aliphatic heterocycles. The van der Waals surface area contributed by atoms with Crippen LogP contribution in [-0.4, -0.2) is 32.2 Å². The smallest absolute Gasteiger partial charge is 0.0785 e. The van der Waals surface area contributed by atoms with Crippen LogP contribution in [-0.2, 0) is 4.74 Å². The summed E-state index contributed by atoms with van der Waals surface area (Å²) in [6, 6.07) is 0. The van der Waals surface area contributed by atoms with E-state index in [1.165, 1.54) is 0 Å². The highest BCUT2D eigenvalue weighted by Crippen LogP contribution is 2.35. The fourth-order valence-electron chi connectivity index (χ4n) is 1.92. The molecule has 1 unspecified atom stereocenters. The molecule has 0 amide bonds. The summed E-state index contributed by atoms with van der Waals surface area (Å²) in [4.78, 5) is -0.846. The second-order valence-corrected chi connectivity index (χ2v) is 10.2. The van der Waals surface area contributed by atoms with Crippen molar-refractivity contribution in [3.8, 4) is 0 Å². The molecule has 122 valence electrons. The van der Waals surface area contributed by atoms with Gasteiger partial charge in [-0.1, -0.05) is 0 Å².